The number of nitrogens with zero attached hydrogens (tertiary/aromatic N) is 3. The molecule has 0 aromatic rings. The van der Waals surface area contributed by atoms with Crippen molar-refractivity contribution in [2.24, 2.45) is 21.9 Å². The van der Waals surface area contributed by atoms with Gasteiger partial charge in [-0.25, -0.2) is 0 Å². The molecular weight excluding hydrogens is 360 g/mol. The molecule has 0 amide bonds. The van der Waals surface area contributed by atoms with Crippen LogP contribution >= 0.6 is 0 Å². The molecule has 0 aromatic carbocycles. The summed E-state index contributed by atoms with van der Waals surface area (Å²) in [5.74, 6) is 5.88. The van der Waals surface area contributed by atoms with Gasteiger partial charge in [0.2, 0.25) is 0 Å². The SMILES string of the molecule is CC(C)CCN=C/C(CCO[C@H]1O[C@H](CCN(O)O)[C@@H](O)C(O)C1O)=N\N. The fourth-order valence-electron chi connectivity index (χ4n) is 2.48. The van der Waals surface area contributed by atoms with E-state index in [0.717, 1.165) is 6.42 Å². The first kappa shape index (κ1) is 23.9. The van der Waals surface area contributed by atoms with E-state index in [2.05, 4.69) is 23.9 Å². The summed E-state index contributed by atoms with van der Waals surface area (Å²) in [5, 5.41) is 51.0. The number of hydroxylamine groups is 2. The maximum atomic E-state index is 10.0. The van der Waals surface area contributed by atoms with Crippen molar-refractivity contribution in [1.82, 2.24) is 5.23 Å². The average molecular weight is 392 g/mol. The van der Waals surface area contributed by atoms with Crippen LogP contribution < -0.4 is 5.84 Å². The van der Waals surface area contributed by atoms with Crippen molar-refractivity contribution in [1.29, 1.82) is 0 Å². The first-order valence-electron chi connectivity index (χ1n) is 8.99. The van der Waals surface area contributed by atoms with E-state index in [1.807, 2.05) is 0 Å². The molecule has 27 heavy (non-hydrogen) atoms. The Bertz CT molecular complexity index is 476. The molecule has 5 atom stereocenters. The number of hydrazone groups is 1. The molecule has 1 heterocycles. The van der Waals surface area contributed by atoms with Gasteiger partial charge in [0.1, 0.15) is 18.3 Å². The van der Waals surface area contributed by atoms with Crippen molar-refractivity contribution in [3.05, 3.63) is 0 Å². The van der Waals surface area contributed by atoms with Gasteiger partial charge in [-0.05, 0) is 18.8 Å². The van der Waals surface area contributed by atoms with Gasteiger partial charge in [-0.1, -0.05) is 19.1 Å². The van der Waals surface area contributed by atoms with Crippen LogP contribution in [0.5, 0.6) is 0 Å². The number of ether oxygens (including phenoxy) is 2. The van der Waals surface area contributed by atoms with Gasteiger partial charge in [0, 0.05) is 19.2 Å². The highest BCUT2D eigenvalue weighted by atomic mass is 16.8. The number of rotatable bonds is 11. The van der Waals surface area contributed by atoms with Crippen LogP contribution in [-0.2, 0) is 9.47 Å². The van der Waals surface area contributed by atoms with Crippen molar-refractivity contribution in [2.75, 3.05) is 19.7 Å². The van der Waals surface area contributed by atoms with Crippen LogP contribution in [0.1, 0.15) is 33.1 Å². The van der Waals surface area contributed by atoms with Gasteiger partial charge in [0.05, 0.1) is 25.0 Å². The topological polar surface area (TPSA) is 174 Å². The minimum atomic E-state index is -1.49. The lowest BCUT2D eigenvalue weighted by atomic mass is 9.97. The predicted octanol–water partition coefficient (Wildman–Crippen LogP) is -0.897. The van der Waals surface area contributed by atoms with Crippen molar-refractivity contribution in [3.8, 4) is 0 Å². The average Bonchev–Trinajstić information content (AvgIpc) is 2.62. The highest BCUT2D eigenvalue weighted by Crippen LogP contribution is 2.24. The van der Waals surface area contributed by atoms with E-state index in [4.69, 9.17) is 25.7 Å². The summed E-state index contributed by atoms with van der Waals surface area (Å²) < 4.78 is 10.9. The molecule has 0 aliphatic carbocycles. The molecule has 158 valence electrons. The van der Waals surface area contributed by atoms with Gasteiger partial charge in [-0.15, -0.1) is 0 Å². The molecule has 1 aliphatic rings. The van der Waals surface area contributed by atoms with Gasteiger partial charge >= 0.3 is 0 Å². The molecule has 0 saturated carbocycles. The highest BCUT2D eigenvalue weighted by Gasteiger charge is 2.44. The number of hydrogen-bond acceptors (Lipinski definition) is 11. The Hall–Kier alpha value is -1.18. The third-order valence-corrected chi connectivity index (χ3v) is 4.16. The minimum absolute atomic E-state index is 0.00975. The maximum Gasteiger partial charge on any atom is 0.186 e. The predicted molar refractivity (Wildman–Crippen MR) is 96.6 cm³/mol. The van der Waals surface area contributed by atoms with Crippen LogP contribution in [0.2, 0.25) is 0 Å². The first-order valence-corrected chi connectivity index (χ1v) is 8.99. The molecule has 1 fully saturated rings. The fourth-order valence-corrected chi connectivity index (χ4v) is 2.48. The third kappa shape index (κ3) is 8.58. The Morgan fingerprint density at radius 3 is 2.52 bits per heavy atom. The van der Waals surface area contributed by atoms with Crippen molar-refractivity contribution in [3.63, 3.8) is 0 Å². The Balaban J connectivity index is 2.48. The number of aliphatic hydroxyl groups is 3. The molecule has 1 rings (SSSR count). The molecule has 0 aromatic heterocycles. The second-order valence-electron chi connectivity index (χ2n) is 6.86. The number of nitrogens with two attached hydrogens (primary N) is 1. The Morgan fingerprint density at radius 1 is 1.22 bits per heavy atom. The van der Waals surface area contributed by atoms with Crippen molar-refractivity contribution < 1.29 is 35.2 Å². The van der Waals surface area contributed by atoms with Gasteiger partial charge in [0.25, 0.3) is 0 Å². The normalized spacial score (nSPS) is 30.0. The van der Waals surface area contributed by atoms with Gasteiger partial charge < -0.3 is 30.6 Å². The zero-order valence-electron chi connectivity index (χ0n) is 15.8. The number of aliphatic imine (C=N–C) groups is 1. The maximum absolute atomic E-state index is 10.0. The van der Waals surface area contributed by atoms with E-state index in [1.165, 1.54) is 0 Å². The molecule has 1 aliphatic heterocycles. The van der Waals surface area contributed by atoms with Crippen molar-refractivity contribution in [2.45, 2.75) is 63.8 Å². The lowest BCUT2D eigenvalue weighted by Crippen LogP contribution is -2.58. The Kier molecular flexibility index (Phi) is 10.9. The Labute approximate surface area is 158 Å². The van der Waals surface area contributed by atoms with Gasteiger partial charge in [-0.3, -0.25) is 15.4 Å². The molecule has 0 spiro atoms. The first-order chi connectivity index (χ1) is 12.8. The zero-order chi connectivity index (χ0) is 20.4. The van der Waals surface area contributed by atoms with E-state index < -0.39 is 30.7 Å². The van der Waals surface area contributed by atoms with Crippen LogP contribution in [0.15, 0.2) is 10.1 Å². The number of aliphatic hydroxyl groups excluding tert-OH is 3. The fraction of sp³-hybridized carbons (Fsp3) is 0.875. The second kappa shape index (κ2) is 12.3. The third-order valence-electron chi connectivity index (χ3n) is 4.16. The smallest absolute Gasteiger partial charge is 0.186 e. The van der Waals surface area contributed by atoms with E-state index in [-0.39, 0.29) is 24.8 Å². The minimum Gasteiger partial charge on any atom is -0.388 e. The van der Waals surface area contributed by atoms with Crippen LogP contribution in [0.3, 0.4) is 0 Å². The van der Waals surface area contributed by atoms with E-state index in [1.54, 1.807) is 6.21 Å². The molecule has 11 nitrogen and oxygen atoms in total. The van der Waals surface area contributed by atoms with Crippen LogP contribution in [0.4, 0.5) is 0 Å². The summed E-state index contributed by atoms with van der Waals surface area (Å²) in [6, 6.07) is 0. The molecule has 0 radical (unpaired) electrons. The molecule has 11 heteroatoms. The number of hydrogen-bond donors (Lipinski definition) is 6. The highest BCUT2D eigenvalue weighted by molar-refractivity contribution is 6.30. The standard InChI is InChI=1S/C16H32N4O7/c1-10(2)3-6-18-9-11(19-17)5-8-26-16-15(23)14(22)13(21)12(27-16)4-7-20(24)25/h9-10,12-16,21-25H,3-8,17H2,1-2H3/b18-9?,19-11-/t12-,13-,14?,15?,16+/m1/s1. The van der Waals surface area contributed by atoms with E-state index >= 15 is 0 Å². The zero-order valence-corrected chi connectivity index (χ0v) is 15.8. The lowest BCUT2D eigenvalue weighted by molar-refractivity contribution is -0.323. The Morgan fingerprint density at radius 2 is 1.93 bits per heavy atom. The van der Waals surface area contributed by atoms with E-state index in [0.29, 0.717) is 24.6 Å². The monoisotopic (exact) mass is 392 g/mol. The summed E-state index contributed by atoms with van der Waals surface area (Å²) in [4.78, 5) is 4.24. The van der Waals surface area contributed by atoms with Crippen LogP contribution in [-0.4, -0.2) is 93.3 Å². The van der Waals surface area contributed by atoms with Gasteiger partial charge in [-0.2, -0.15) is 5.10 Å². The summed E-state index contributed by atoms with van der Waals surface area (Å²) in [7, 11) is 0. The molecule has 0 bridgehead atoms. The van der Waals surface area contributed by atoms with E-state index in [9.17, 15) is 15.3 Å². The summed E-state index contributed by atoms with van der Waals surface area (Å²) in [5.41, 5.74) is 0.511. The summed E-state index contributed by atoms with van der Waals surface area (Å²) >= 11 is 0. The lowest BCUT2D eigenvalue weighted by Gasteiger charge is -2.40. The molecule has 2 unspecified atom stereocenters. The quantitative estimate of drug-likeness (QED) is 0.148. The molecule has 1 saturated heterocycles. The summed E-state index contributed by atoms with van der Waals surface area (Å²) in [6.45, 7) is 4.76. The van der Waals surface area contributed by atoms with Crippen LogP contribution in [0.25, 0.3) is 0 Å². The van der Waals surface area contributed by atoms with Gasteiger partial charge in [0.15, 0.2) is 6.29 Å². The second-order valence-corrected chi connectivity index (χ2v) is 6.86. The largest absolute Gasteiger partial charge is 0.388 e. The summed E-state index contributed by atoms with van der Waals surface area (Å²) in [6.07, 6.45) is -3.58. The molecular formula is C16H32N4O7. The molecule has 7 N–H and O–H groups in total. The van der Waals surface area contributed by atoms with Crippen molar-refractivity contribution >= 4 is 11.9 Å². The van der Waals surface area contributed by atoms with Crippen LogP contribution in [0, 0.1) is 5.92 Å².